The minimum atomic E-state index is -0.157. The Bertz CT molecular complexity index is 230. The lowest BCUT2D eigenvalue weighted by Gasteiger charge is -1.64. The lowest BCUT2D eigenvalue weighted by atomic mass is 10.6. The van der Waals surface area contributed by atoms with E-state index in [1.807, 2.05) is 0 Å². The number of nitrogens with zero attached hydrogens (tertiary/aromatic N) is 2. The van der Waals surface area contributed by atoms with Gasteiger partial charge in [0, 0.05) is 5.92 Å². The molecule has 1 rings (SSSR count). The van der Waals surface area contributed by atoms with Crippen molar-refractivity contribution in [1.82, 2.24) is 0 Å². The highest BCUT2D eigenvalue weighted by atomic mass is 16.3. The van der Waals surface area contributed by atoms with E-state index in [-0.39, 0.29) is 5.76 Å². The lowest BCUT2D eigenvalue weighted by Crippen LogP contribution is -1.78. The molecule has 0 fully saturated rings. The van der Waals surface area contributed by atoms with Crippen LogP contribution in [0.3, 0.4) is 0 Å². The summed E-state index contributed by atoms with van der Waals surface area (Å²) in [5.41, 5.74) is 0. The van der Waals surface area contributed by atoms with Crippen LogP contribution in [0.15, 0.2) is 10.9 Å². The molecule has 0 atom stereocenters. The first kappa shape index (κ1) is 3.70. The van der Waals surface area contributed by atoms with Crippen molar-refractivity contribution in [2.24, 2.45) is 5.11 Å². The average Bonchev–Trinajstić information content (AvgIpc) is 1.69. The fraction of sp³-hybridized carbons (Fsp3) is 0. The van der Waals surface area contributed by atoms with Crippen molar-refractivity contribution in [3.8, 4) is 12.0 Å². The third-order valence-corrected chi connectivity index (χ3v) is 0.430. The molecule has 0 amide bonds. The molecule has 1 aliphatic rings. The third-order valence-electron chi connectivity index (χ3n) is 0.430. The summed E-state index contributed by atoms with van der Waals surface area (Å²) in [4.78, 5) is 3.17. The van der Waals surface area contributed by atoms with Crippen molar-refractivity contribution in [3.63, 3.8) is 0 Å². The van der Waals surface area contributed by atoms with Gasteiger partial charge in [0.1, 0.15) is 10.8 Å². The predicted molar refractivity (Wildman–Crippen MR) is 21.6 cm³/mol. The first-order valence-corrected chi connectivity index (χ1v) is 1.62. The zero-order valence-corrected chi connectivity index (χ0v) is 3.34. The molecule has 0 saturated carbocycles. The molecule has 7 heavy (non-hydrogen) atoms. The molecule has 0 saturated heterocycles. The standard InChI is InChI=1S/C4N2O/c7-4-1-2-5-6-3-4/p+1. The normalized spacial score (nSPS) is 12.3. The maximum absolute atomic E-state index is 8.39. The van der Waals surface area contributed by atoms with Gasteiger partial charge in [-0.3, -0.25) is 0 Å². The quantitative estimate of drug-likeness (QED) is 0.325. The van der Waals surface area contributed by atoms with Gasteiger partial charge in [-0.05, 0) is 0 Å². The van der Waals surface area contributed by atoms with Gasteiger partial charge in [0.15, 0.2) is 5.11 Å². The molecule has 1 N–H and O–H groups in total. The van der Waals surface area contributed by atoms with Crippen LogP contribution in [0.2, 0.25) is 0 Å². The largest absolute Gasteiger partial charge is 0.490 e. The molecular weight excluding hydrogens is 92.1 g/mol. The minimum Gasteiger partial charge on any atom is -0.490 e. The van der Waals surface area contributed by atoms with Gasteiger partial charge in [-0.1, -0.05) is 0 Å². The molecule has 0 radical (unpaired) electrons. The Morgan fingerprint density at radius 3 is 2.86 bits per heavy atom. The van der Waals surface area contributed by atoms with Gasteiger partial charge in [0.05, 0.1) is 0 Å². The van der Waals surface area contributed by atoms with Crippen molar-refractivity contribution in [1.29, 1.82) is 0 Å². The summed E-state index contributed by atoms with van der Waals surface area (Å²) in [5, 5.41) is 11.6. The van der Waals surface area contributed by atoms with E-state index in [2.05, 4.69) is 27.7 Å². The fourth-order valence-corrected chi connectivity index (χ4v) is 0.203. The highest BCUT2D eigenvalue weighted by molar-refractivity contribution is 5.56. The van der Waals surface area contributed by atoms with Gasteiger partial charge >= 0.3 is 11.6 Å². The number of aliphatic hydroxyl groups excluding tert-OH is 1. The maximum atomic E-state index is 8.39. The molecular formula is C4HN2O+. The monoisotopic (exact) mass is 93.0 g/mol. The lowest BCUT2D eigenvalue weighted by molar-refractivity contribution is -0.0672. The first-order chi connectivity index (χ1) is 3.39. The Balaban J connectivity index is 3.25. The molecule has 32 valence electrons. The summed E-state index contributed by atoms with van der Waals surface area (Å²) in [6.45, 7) is 0. The van der Waals surface area contributed by atoms with Gasteiger partial charge in [0.25, 0.3) is 0 Å². The smallest absolute Gasteiger partial charge is 0.409 e. The van der Waals surface area contributed by atoms with Crippen molar-refractivity contribution >= 4 is 5.87 Å². The molecule has 0 aliphatic carbocycles. The van der Waals surface area contributed by atoms with Crippen LogP contribution in [0.1, 0.15) is 0 Å². The minimum absolute atomic E-state index is 0.157. The summed E-state index contributed by atoms with van der Waals surface area (Å²) in [7, 11) is 0. The zero-order valence-electron chi connectivity index (χ0n) is 3.34. The van der Waals surface area contributed by atoms with Gasteiger partial charge in [-0.15, -0.1) is 0 Å². The van der Waals surface area contributed by atoms with Crippen LogP contribution in [0.5, 0.6) is 0 Å². The number of aliphatic hydroxyl groups is 1. The Labute approximate surface area is 39.7 Å². The average molecular weight is 93.1 g/mol. The Morgan fingerprint density at radius 1 is 1.71 bits per heavy atom. The van der Waals surface area contributed by atoms with E-state index >= 15 is 0 Å². The molecule has 0 spiro atoms. The SMILES string of the molecule is OC1=C=[N+]=NC#C1. The van der Waals surface area contributed by atoms with Gasteiger partial charge in [-0.25, -0.2) is 0 Å². The van der Waals surface area contributed by atoms with Crippen molar-refractivity contribution in [2.45, 2.75) is 0 Å². The maximum Gasteiger partial charge on any atom is 0.409 e. The summed E-state index contributed by atoms with van der Waals surface area (Å²) < 4.78 is 0. The van der Waals surface area contributed by atoms with Crippen LogP contribution in [-0.4, -0.2) is 15.8 Å². The number of allylic oxidation sites excluding steroid dienone is 1. The van der Waals surface area contributed by atoms with E-state index in [9.17, 15) is 0 Å². The number of rotatable bonds is 0. The van der Waals surface area contributed by atoms with E-state index < -0.39 is 0 Å². The summed E-state index contributed by atoms with van der Waals surface area (Å²) in [6.07, 6.45) is 0. The van der Waals surface area contributed by atoms with E-state index in [4.69, 9.17) is 5.11 Å². The molecule has 3 nitrogen and oxygen atoms in total. The van der Waals surface area contributed by atoms with Crippen LogP contribution in [-0.2, 0) is 0 Å². The Morgan fingerprint density at radius 2 is 2.57 bits per heavy atom. The van der Waals surface area contributed by atoms with E-state index in [0.717, 1.165) is 0 Å². The Kier molecular flexibility index (Phi) is 0.697. The van der Waals surface area contributed by atoms with Crippen molar-refractivity contribution in [2.75, 3.05) is 0 Å². The topological polar surface area (TPSA) is 46.7 Å². The molecule has 0 unspecified atom stereocenters. The van der Waals surface area contributed by atoms with Crippen LogP contribution in [0, 0.1) is 12.0 Å². The van der Waals surface area contributed by atoms with Gasteiger partial charge in [0.2, 0.25) is 0 Å². The summed E-state index contributed by atoms with van der Waals surface area (Å²) >= 11 is 0. The molecule has 0 aromatic carbocycles. The molecule has 1 aliphatic heterocycles. The zero-order chi connectivity index (χ0) is 5.11. The second kappa shape index (κ2) is 1.32. The van der Waals surface area contributed by atoms with Gasteiger partial charge < -0.3 is 5.11 Å². The van der Waals surface area contributed by atoms with Crippen LogP contribution >= 0.6 is 0 Å². The van der Waals surface area contributed by atoms with E-state index in [0.29, 0.717) is 0 Å². The van der Waals surface area contributed by atoms with Crippen molar-refractivity contribution in [3.05, 3.63) is 5.76 Å². The molecule has 0 bridgehead atoms. The van der Waals surface area contributed by atoms with E-state index in [1.54, 1.807) is 0 Å². The van der Waals surface area contributed by atoms with Crippen LogP contribution < -0.4 is 0 Å². The summed E-state index contributed by atoms with van der Waals surface area (Å²) in [6, 6.07) is 2.19. The second-order valence-corrected chi connectivity index (χ2v) is 0.897. The summed E-state index contributed by atoms with van der Waals surface area (Å²) in [5.74, 6) is 4.21. The van der Waals surface area contributed by atoms with Crippen LogP contribution in [0.25, 0.3) is 0 Å². The first-order valence-electron chi connectivity index (χ1n) is 1.62. The fourth-order valence-electron chi connectivity index (χ4n) is 0.203. The highest BCUT2D eigenvalue weighted by Gasteiger charge is 1.90. The molecule has 3 heteroatoms. The third kappa shape index (κ3) is 0.675. The molecule has 0 aromatic heterocycles. The highest BCUT2D eigenvalue weighted by Crippen LogP contribution is 1.74. The second-order valence-electron chi connectivity index (χ2n) is 0.897. The number of hydrogen-bond donors (Lipinski definition) is 1. The molecule has 0 aromatic rings. The van der Waals surface area contributed by atoms with Crippen LogP contribution in [0.4, 0.5) is 0 Å². The molecule has 1 heterocycles. The van der Waals surface area contributed by atoms with E-state index in [1.165, 1.54) is 0 Å². The predicted octanol–water partition coefficient (Wildman–Crippen LogP) is -0.267. The Hall–Kier alpha value is -1.48. The van der Waals surface area contributed by atoms with Crippen molar-refractivity contribution < 1.29 is 9.90 Å². The number of hydrogen-bond acceptors (Lipinski definition) is 2. The van der Waals surface area contributed by atoms with Gasteiger partial charge in [-0.2, -0.15) is 0 Å².